The number of hydrogen-bond acceptors (Lipinski definition) is 2. The largest absolute Gasteiger partial charge is 0.377 e. The first-order valence-corrected chi connectivity index (χ1v) is 7.00. The maximum Gasteiger partial charge on any atom is 0.263 e. The first kappa shape index (κ1) is 15.7. The summed E-state index contributed by atoms with van der Waals surface area (Å²) >= 11 is 6.08. The van der Waals surface area contributed by atoms with Gasteiger partial charge >= 0.3 is 0 Å². The second kappa shape index (κ2) is 6.87. The van der Waals surface area contributed by atoms with Gasteiger partial charge in [0.15, 0.2) is 0 Å². The summed E-state index contributed by atoms with van der Waals surface area (Å²) < 4.78 is 25.5. The van der Waals surface area contributed by atoms with Gasteiger partial charge in [0, 0.05) is 22.8 Å². The Labute approximate surface area is 127 Å². The molecule has 2 aromatic rings. The van der Waals surface area contributed by atoms with Crippen LogP contribution in [0.5, 0.6) is 0 Å². The van der Waals surface area contributed by atoms with E-state index in [9.17, 15) is 8.78 Å². The number of nitrogens with one attached hydrogen (secondary N) is 1. The highest BCUT2D eigenvalue weighted by Crippen LogP contribution is 2.26. The lowest BCUT2D eigenvalue weighted by molar-refractivity contribution is 0.151. The summed E-state index contributed by atoms with van der Waals surface area (Å²) in [7, 11) is 0. The molecule has 0 saturated heterocycles. The summed E-state index contributed by atoms with van der Waals surface area (Å²) in [5, 5.41) is 3.87. The van der Waals surface area contributed by atoms with Crippen LogP contribution in [-0.4, -0.2) is 6.54 Å². The fourth-order valence-corrected chi connectivity index (χ4v) is 2.25. The van der Waals surface area contributed by atoms with Gasteiger partial charge in [-0.2, -0.15) is 0 Å². The number of alkyl halides is 2. The molecule has 0 saturated carbocycles. The van der Waals surface area contributed by atoms with Crippen LogP contribution in [0, 0.1) is 6.92 Å². The fraction of sp³-hybridized carbons (Fsp3) is 0.250. The number of aryl methyl sites for hydroxylation is 1. The zero-order valence-electron chi connectivity index (χ0n) is 11.6. The zero-order chi connectivity index (χ0) is 15.4. The lowest BCUT2D eigenvalue weighted by Crippen LogP contribution is -2.20. The standard InChI is InChI=1S/C16H17ClF2N2/c1-10-5-6-13(8-14(10)17)21-15(9-20)11-3-2-4-12(7-11)16(18)19/h2-8,15-16,21H,9,20H2,1H3. The van der Waals surface area contributed by atoms with Crippen molar-refractivity contribution in [2.45, 2.75) is 19.4 Å². The highest BCUT2D eigenvalue weighted by molar-refractivity contribution is 6.31. The second-order valence-corrected chi connectivity index (χ2v) is 5.27. The summed E-state index contributed by atoms with van der Waals surface area (Å²) in [6.45, 7) is 2.21. The molecule has 112 valence electrons. The maximum absolute atomic E-state index is 12.8. The molecule has 1 atom stereocenters. The molecule has 2 aromatic carbocycles. The number of benzene rings is 2. The molecule has 0 radical (unpaired) electrons. The number of nitrogens with two attached hydrogens (primary N) is 1. The highest BCUT2D eigenvalue weighted by Gasteiger charge is 2.13. The fourth-order valence-electron chi connectivity index (χ4n) is 2.07. The number of hydrogen-bond donors (Lipinski definition) is 2. The summed E-state index contributed by atoms with van der Waals surface area (Å²) in [5.41, 5.74) is 8.27. The normalized spacial score (nSPS) is 12.5. The second-order valence-electron chi connectivity index (χ2n) is 4.87. The maximum atomic E-state index is 12.8. The van der Waals surface area contributed by atoms with Crippen molar-refractivity contribution in [3.05, 3.63) is 64.2 Å². The Morgan fingerprint density at radius 1 is 1.14 bits per heavy atom. The van der Waals surface area contributed by atoms with E-state index in [2.05, 4.69) is 5.32 Å². The SMILES string of the molecule is Cc1ccc(NC(CN)c2cccc(C(F)F)c2)cc1Cl. The van der Waals surface area contributed by atoms with E-state index < -0.39 is 6.43 Å². The van der Waals surface area contributed by atoms with Gasteiger partial charge in [-0.15, -0.1) is 0 Å². The molecule has 1 unspecified atom stereocenters. The third-order valence-corrected chi connectivity index (χ3v) is 3.72. The molecule has 0 aliphatic heterocycles. The summed E-state index contributed by atoms with van der Waals surface area (Å²) in [4.78, 5) is 0. The van der Waals surface area contributed by atoms with Gasteiger partial charge < -0.3 is 11.1 Å². The first-order valence-electron chi connectivity index (χ1n) is 6.62. The first-order chi connectivity index (χ1) is 10.0. The van der Waals surface area contributed by atoms with Gasteiger partial charge in [0.1, 0.15) is 0 Å². The van der Waals surface area contributed by atoms with E-state index in [0.717, 1.165) is 16.8 Å². The van der Waals surface area contributed by atoms with Crippen LogP contribution in [0.4, 0.5) is 14.5 Å². The van der Waals surface area contributed by atoms with Crippen molar-refractivity contribution in [1.82, 2.24) is 0 Å². The van der Waals surface area contributed by atoms with Crippen LogP contribution < -0.4 is 11.1 Å². The summed E-state index contributed by atoms with van der Waals surface area (Å²) in [6, 6.07) is 11.6. The molecule has 0 fully saturated rings. The van der Waals surface area contributed by atoms with E-state index in [4.69, 9.17) is 17.3 Å². The van der Waals surface area contributed by atoms with Crippen molar-refractivity contribution in [1.29, 1.82) is 0 Å². The molecule has 0 heterocycles. The van der Waals surface area contributed by atoms with Gasteiger partial charge in [0.05, 0.1) is 6.04 Å². The number of rotatable bonds is 5. The predicted octanol–water partition coefficient (Wildman–Crippen LogP) is 4.70. The van der Waals surface area contributed by atoms with Crippen LogP contribution in [0.25, 0.3) is 0 Å². The van der Waals surface area contributed by atoms with Gasteiger partial charge in [-0.1, -0.05) is 35.9 Å². The molecular formula is C16H17ClF2N2. The number of anilines is 1. The molecule has 21 heavy (non-hydrogen) atoms. The zero-order valence-corrected chi connectivity index (χ0v) is 12.4. The summed E-state index contributed by atoms with van der Waals surface area (Å²) in [6.07, 6.45) is -2.49. The topological polar surface area (TPSA) is 38.0 Å². The van der Waals surface area contributed by atoms with Crippen LogP contribution in [0.15, 0.2) is 42.5 Å². The van der Waals surface area contributed by atoms with E-state index in [1.165, 1.54) is 12.1 Å². The molecule has 3 N–H and O–H groups in total. The van der Waals surface area contributed by atoms with Crippen molar-refractivity contribution in [3.8, 4) is 0 Å². The van der Waals surface area contributed by atoms with E-state index in [1.54, 1.807) is 18.2 Å². The van der Waals surface area contributed by atoms with Crippen molar-refractivity contribution >= 4 is 17.3 Å². The van der Waals surface area contributed by atoms with Crippen LogP contribution in [-0.2, 0) is 0 Å². The Kier molecular flexibility index (Phi) is 5.15. The molecule has 0 aromatic heterocycles. The Bertz CT molecular complexity index is 617. The summed E-state index contributed by atoms with van der Waals surface area (Å²) in [5.74, 6) is 0. The van der Waals surface area contributed by atoms with E-state index in [-0.39, 0.29) is 18.2 Å². The minimum Gasteiger partial charge on any atom is -0.377 e. The third-order valence-electron chi connectivity index (χ3n) is 3.31. The monoisotopic (exact) mass is 310 g/mol. The van der Waals surface area contributed by atoms with E-state index in [1.807, 2.05) is 19.1 Å². The Morgan fingerprint density at radius 2 is 1.86 bits per heavy atom. The minimum absolute atomic E-state index is 0.00492. The predicted molar refractivity (Wildman–Crippen MR) is 83.0 cm³/mol. The van der Waals surface area contributed by atoms with Crippen molar-refractivity contribution in [2.24, 2.45) is 5.73 Å². The third kappa shape index (κ3) is 3.93. The van der Waals surface area contributed by atoms with Crippen molar-refractivity contribution < 1.29 is 8.78 Å². The lowest BCUT2D eigenvalue weighted by atomic mass is 10.0. The molecular weight excluding hydrogens is 294 g/mol. The number of halogens is 3. The van der Waals surface area contributed by atoms with Gasteiger partial charge in [0.25, 0.3) is 6.43 Å². The van der Waals surface area contributed by atoms with Gasteiger partial charge in [0.2, 0.25) is 0 Å². The van der Waals surface area contributed by atoms with Crippen LogP contribution >= 0.6 is 11.6 Å². The van der Waals surface area contributed by atoms with Crippen LogP contribution in [0.2, 0.25) is 5.02 Å². The molecule has 0 aliphatic rings. The molecule has 0 spiro atoms. The van der Waals surface area contributed by atoms with Gasteiger partial charge in [-0.3, -0.25) is 0 Å². The Balaban J connectivity index is 2.23. The average Bonchev–Trinajstić information content (AvgIpc) is 2.48. The average molecular weight is 311 g/mol. The van der Waals surface area contributed by atoms with Crippen molar-refractivity contribution in [2.75, 3.05) is 11.9 Å². The van der Waals surface area contributed by atoms with Gasteiger partial charge in [-0.05, 0) is 36.2 Å². The van der Waals surface area contributed by atoms with Gasteiger partial charge in [-0.25, -0.2) is 8.78 Å². The Hall–Kier alpha value is -1.65. The van der Waals surface area contributed by atoms with E-state index >= 15 is 0 Å². The Morgan fingerprint density at radius 3 is 2.48 bits per heavy atom. The highest BCUT2D eigenvalue weighted by atomic mass is 35.5. The van der Waals surface area contributed by atoms with Crippen LogP contribution in [0.3, 0.4) is 0 Å². The van der Waals surface area contributed by atoms with E-state index in [0.29, 0.717) is 5.02 Å². The smallest absolute Gasteiger partial charge is 0.263 e. The molecule has 2 rings (SSSR count). The van der Waals surface area contributed by atoms with Crippen molar-refractivity contribution in [3.63, 3.8) is 0 Å². The minimum atomic E-state index is -2.49. The quantitative estimate of drug-likeness (QED) is 0.840. The molecule has 0 bridgehead atoms. The molecule has 5 heteroatoms. The van der Waals surface area contributed by atoms with Crippen LogP contribution in [0.1, 0.15) is 29.2 Å². The molecule has 2 nitrogen and oxygen atoms in total. The molecule has 0 aliphatic carbocycles. The lowest BCUT2D eigenvalue weighted by Gasteiger charge is -2.20. The molecule has 0 amide bonds.